The van der Waals surface area contributed by atoms with E-state index in [2.05, 4.69) is 30.6 Å². The Balaban J connectivity index is 0.716. The van der Waals surface area contributed by atoms with Crippen molar-refractivity contribution in [1.82, 2.24) is 40.2 Å². The highest BCUT2D eigenvalue weighted by molar-refractivity contribution is 7.13. The van der Waals surface area contributed by atoms with Gasteiger partial charge in [0.15, 0.2) is 11.6 Å². The van der Waals surface area contributed by atoms with Crippen LogP contribution in [0.15, 0.2) is 66.6 Å². The molecule has 3 aromatic heterocycles. The monoisotopic (exact) mass is 1100 g/mol. The molecule has 7 rings (SSSR count). The second-order valence-corrected chi connectivity index (χ2v) is 21.4. The fourth-order valence-corrected chi connectivity index (χ4v) is 10.5. The normalized spacial score (nSPS) is 17.3. The van der Waals surface area contributed by atoms with Gasteiger partial charge in [0.25, 0.3) is 0 Å². The number of anilines is 1. The quantitative estimate of drug-likeness (QED) is 0.0340. The van der Waals surface area contributed by atoms with Crippen LogP contribution in [0.1, 0.15) is 75.9 Å². The number of nitrogens with one attached hydrogen (secondary N) is 2. The molecule has 22 heteroatoms. The predicted molar refractivity (Wildman–Crippen MR) is 285 cm³/mol. The highest BCUT2D eigenvalue weighted by atomic mass is 35.5. The maximum Gasteiger partial charge on any atom is 0.246 e. The molecule has 3 amide bonds. The molecule has 5 heterocycles. The van der Waals surface area contributed by atoms with Crippen molar-refractivity contribution >= 4 is 58.1 Å². The molecule has 406 valence electrons. The topological polar surface area (TPSA) is 218 Å². The first-order valence-electron chi connectivity index (χ1n) is 25.1. The van der Waals surface area contributed by atoms with Crippen molar-refractivity contribution in [3.8, 4) is 27.3 Å². The van der Waals surface area contributed by atoms with Gasteiger partial charge in [-0.05, 0) is 61.4 Å². The zero-order valence-electron chi connectivity index (χ0n) is 43.1. The number of amides is 3. The molecule has 5 aromatic rings. The largest absolute Gasteiger partial charge is 0.482 e. The van der Waals surface area contributed by atoms with E-state index in [0.717, 1.165) is 65.3 Å². The van der Waals surface area contributed by atoms with E-state index in [1.54, 1.807) is 36.7 Å². The number of nitrogen functional groups attached to an aromatic ring is 1. The first kappa shape index (κ1) is 57.4. The molecule has 2 saturated heterocycles. The lowest BCUT2D eigenvalue weighted by molar-refractivity contribution is -0.144. The fraction of sp³-hybridized carbons (Fsp3) is 0.509. The Bertz CT molecular complexity index is 2680. The molecule has 2 aromatic carbocycles. The number of ether oxygens (including phenoxy) is 5. The number of benzene rings is 2. The van der Waals surface area contributed by atoms with Crippen LogP contribution in [0.2, 0.25) is 10.0 Å². The first-order chi connectivity index (χ1) is 36.0. The van der Waals surface area contributed by atoms with Gasteiger partial charge in [0, 0.05) is 73.3 Å². The van der Waals surface area contributed by atoms with Crippen LogP contribution >= 0.6 is 34.5 Å². The lowest BCUT2D eigenvalue weighted by atomic mass is 9.85. The van der Waals surface area contributed by atoms with Gasteiger partial charge in [-0.2, -0.15) is 5.10 Å². The highest BCUT2D eigenvalue weighted by Crippen LogP contribution is 2.37. The molecule has 0 radical (unpaired) electrons. The minimum absolute atomic E-state index is 0.0193. The summed E-state index contributed by atoms with van der Waals surface area (Å²) in [5.41, 5.74) is 12.1. The lowest BCUT2D eigenvalue weighted by Crippen LogP contribution is -2.58. The van der Waals surface area contributed by atoms with E-state index in [4.69, 9.17) is 52.6 Å². The summed E-state index contributed by atoms with van der Waals surface area (Å²) >= 11 is 14.1. The first-order valence-corrected chi connectivity index (χ1v) is 26.8. The number of aliphatic hydroxyl groups is 1. The van der Waals surface area contributed by atoms with Crippen molar-refractivity contribution < 1.29 is 47.6 Å². The molecular formula is C53H68Cl2FN9O9S. The second kappa shape index (κ2) is 27.2. The number of pyridine rings is 1. The maximum absolute atomic E-state index is 14.2. The Kier molecular flexibility index (Phi) is 20.8. The number of aromatic nitrogens is 4. The number of halogens is 3. The number of aryl methyl sites for hydroxylation is 1. The number of hydrogen-bond donors (Lipinski definition) is 4. The van der Waals surface area contributed by atoms with Gasteiger partial charge in [0.1, 0.15) is 30.6 Å². The van der Waals surface area contributed by atoms with Crippen LogP contribution in [0.4, 0.5) is 10.2 Å². The zero-order chi connectivity index (χ0) is 53.6. The van der Waals surface area contributed by atoms with Crippen LogP contribution in [-0.2, 0) is 39.9 Å². The number of β-amino-alcohol motifs (C(OH)–C–C–N with tert-alkyl or cyclic N) is 1. The third-order valence-electron chi connectivity index (χ3n) is 13.1. The number of aliphatic hydroxyl groups excluding tert-OH is 1. The summed E-state index contributed by atoms with van der Waals surface area (Å²) in [6.45, 7) is 14.3. The molecule has 18 nitrogen and oxygen atoms in total. The van der Waals surface area contributed by atoms with Gasteiger partial charge >= 0.3 is 0 Å². The number of carbonyl (C=O) groups excluding carboxylic acids is 3. The van der Waals surface area contributed by atoms with Gasteiger partial charge in [-0.3, -0.25) is 19.1 Å². The van der Waals surface area contributed by atoms with E-state index in [0.29, 0.717) is 44.3 Å². The third-order valence-corrected chi connectivity index (χ3v) is 14.8. The highest BCUT2D eigenvalue weighted by Gasteiger charge is 2.44. The minimum atomic E-state index is -0.968. The maximum atomic E-state index is 14.2. The smallest absolute Gasteiger partial charge is 0.246 e. The fourth-order valence-electron chi connectivity index (χ4n) is 8.97. The molecule has 0 aliphatic carbocycles. The molecule has 0 bridgehead atoms. The third kappa shape index (κ3) is 15.9. The molecule has 2 fully saturated rings. The van der Waals surface area contributed by atoms with Crippen molar-refractivity contribution in [2.24, 2.45) is 5.41 Å². The summed E-state index contributed by atoms with van der Waals surface area (Å²) in [5, 5.41) is 21.1. The van der Waals surface area contributed by atoms with Crippen molar-refractivity contribution in [1.29, 1.82) is 0 Å². The van der Waals surface area contributed by atoms with Crippen LogP contribution in [0.5, 0.6) is 5.75 Å². The molecule has 2 aliphatic rings. The molecule has 0 saturated carbocycles. The van der Waals surface area contributed by atoms with Crippen molar-refractivity contribution in [3.05, 3.63) is 99.2 Å². The van der Waals surface area contributed by atoms with E-state index in [1.807, 2.05) is 68.3 Å². The molecule has 0 unspecified atom stereocenters. The summed E-state index contributed by atoms with van der Waals surface area (Å²) in [6.07, 6.45) is 5.85. The average Bonchev–Trinajstić information content (AvgIpc) is 4.16. The van der Waals surface area contributed by atoms with Crippen molar-refractivity contribution in [3.63, 3.8) is 0 Å². The number of carbonyl (C=O) groups is 3. The Hall–Kier alpha value is -5.29. The number of nitrogens with zero attached hydrogens (tertiary/aromatic N) is 6. The SMILES string of the molecule is Cc1ncsc1-c1ccc(CNC(=O)[C@@H]2C[C@@H](O)CN2C(=O)[C@@H](NC(=O)COCCOCCOCCOCCN2CCC(n3cc(-c4cnc(N)c(O[C@H](C)c5c(Cl)ccc(F)c5Cl)c4)cn3)CC2)C(C)(C)C)cc1. The van der Waals surface area contributed by atoms with Crippen molar-refractivity contribution in [2.75, 3.05) is 84.8 Å². The number of rotatable bonds is 25. The van der Waals surface area contributed by atoms with Crippen LogP contribution in [0, 0.1) is 18.2 Å². The van der Waals surface area contributed by atoms with Crippen LogP contribution in [-0.4, -0.2) is 150 Å². The molecule has 0 spiro atoms. The van der Waals surface area contributed by atoms with E-state index in [-0.39, 0.29) is 67.1 Å². The van der Waals surface area contributed by atoms with Gasteiger partial charge in [-0.1, -0.05) is 68.2 Å². The second-order valence-electron chi connectivity index (χ2n) is 19.7. The van der Waals surface area contributed by atoms with Crippen LogP contribution < -0.4 is 21.1 Å². The summed E-state index contributed by atoms with van der Waals surface area (Å²) in [7, 11) is 0. The Morgan fingerprint density at radius 2 is 1.60 bits per heavy atom. The van der Waals surface area contributed by atoms with Crippen LogP contribution in [0.25, 0.3) is 21.6 Å². The molecule has 4 atom stereocenters. The number of hydrogen-bond acceptors (Lipinski definition) is 15. The van der Waals surface area contributed by atoms with E-state index in [1.165, 1.54) is 17.0 Å². The lowest BCUT2D eigenvalue weighted by Gasteiger charge is -2.35. The molecular weight excluding hydrogens is 1030 g/mol. The van der Waals surface area contributed by atoms with E-state index in [9.17, 15) is 23.9 Å². The summed E-state index contributed by atoms with van der Waals surface area (Å²) in [6, 6.07) is 10.7. The van der Waals surface area contributed by atoms with Gasteiger partial charge in [0.2, 0.25) is 17.7 Å². The van der Waals surface area contributed by atoms with E-state index < -0.39 is 47.3 Å². The minimum Gasteiger partial charge on any atom is -0.482 e. The number of nitrogens with two attached hydrogens (primary N) is 1. The molecule has 75 heavy (non-hydrogen) atoms. The van der Waals surface area contributed by atoms with Gasteiger partial charge < -0.3 is 55.0 Å². The predicted octanol–water partition coefficient (Wildman–Crippen LogP) is 7.06. The summed E-state index contributed by atoms with van der Waals surface area (Å²) in [4.78, 5) is 53.8. The Morgan fingerprint density at radius 3 is 2.27 bits per heavy atom. The van der Waals surface area contributed by atoms with E-state index >= 15 is 0 Å². The standard InChI is InChI=1S/C53H68Cl2FN9O9S/c1-33-48(75-32-60-33)36-8-6-35(7-9-36)26-59-51(68)43-25-40(66)30-64(43)52(69)49(53(3,4)5)62-45(67)31-73-23-22-72-21-20-71-19-18-70-17-16-63-14-12-39(13-15-63)65-29-38(28-61-65)37-24-44(50(57)58-27-37)74-34(2)46-41(54)10-11-42(56)47(46)55/h6-11,24,27-29,32,34,39-40,43,49,66H,12-23,25-26,30-31H2,1-5H3,(H2,57,58)(H,59,68)(H,62,67)/t34-,40-,43+,49-/m1/s1. The molecule has 2 aliphatic heterocycles. The summed E-state index contributed by atoms with van der Waals surface area (Å²) < 4.78 is 44.9. The van der Waals surface area contributed by atoms with Gasteiger partial charge in [0.05, 0.1) is 85.7 Å². The Labute approximate surface area is 451 Å². The summed E-state index contributed by atoms with van der Waals surface area (Å²) in [5.74, 6) is -1.39. The number of piperidine rings is 1. The van der Waals surface area contributed by atoms with Gasteiger partial charge in [-0.25, -0.2) is 14.4 Å². The number of likely N-dealkylation sites (tertiary alicyclic amines) is 2. The number of thiazole rings is 1. The zero-order valence-corrected chi connectivity index (χ0v) is 45.4. The van der Waals surface area contributed by atoms with Crippen molar-refractivity contribution in [2.45, 2.75) is 90.8 Å². The average molecular weight is 1100 g/mol. The van der Waals surface area contributed by atoms with Crippen LogP contribution in [0.3, 0.4) is 0 Å². The molecule has 5 N–H and O–H groups in total. The van der Waals surface area contributed by atoms with Gasteiger partial charge in [-0.15, -0.1) is 11.3 Å². The Morgan fingerprint density at radius 1 is 0.920 bits per heavy atom.